The van der Waals surface area contributed by atoms with E-state index in [-0.39, 0.29) is 17.8 Å². The smallest absolute Gasteiger partial charge is 0.270 e. The standard InChI is InChI=1S/C22H20N2O3S/c1-13(25)18-5-3-4-6-19(18)15-7-8-21-16(9-15)10-17(27-21)11-23-22(26)20-12-28-14(2)24-20/h3-9,12,17H,10-11H2,1-2H3,(H,23,26). The van der Waals surface area contributed by atoms with Crippen LogP contribution in [0.4, 0.5) is 0 Å². The Morgan fingerprint density at radius 3 is 2.82 bits per heavy atom. The number of aromatic nitrogens is 1. The lowest BCUT2D eigenvalue weighted by Crippen LogP contribution is -2.34. The van der Waals surface area contributed by atoms with Crippen LogP contribution < -0.4 is 10.1 Å². The molecule has 1 N–H and O–H groups in total. The van der Waals surface area contributed by atoms with Gasteiger partial charge in [-0.2, -0.15) is 0 Å². The van der Waals surface area contributed by atoms with E-state index in [1.54, 1.807) is 12.3 Å². The number of rotatable bonds is 5. The second-order valence-corrected chi connectivity index (χ2v) is 7.89. The van der Waals surface area contributed by atoms with Crippen LogP contribution in [-0.2, 0) is 6.42 Å². The molecule has 0 spiro atoms. The number of amides is 1. The van der Waals surface area contributed by atoms with Crippen LogP contribution in [0.2, 0.25) is 0 Å². The highest BCUT2D eigenvalue weighted by molar-refractivity contribution is 7.09. The molecule has 0 bridgehead atoms. The van der Waals surface area contributed by atoms with Crippen LogP contribution in [-0.4, -0.2) is 29.3 Å². The Morgan fingerprint density at radius 1 is 1.25 bits per heavy atom. The molecule has 3 aromatic rings. The maximum Gasteiger partial charge on any atom is 0.270 e. The maximum absolute atomic E-state index is 12.2. The molecule has 1 aromatic heterocycles. The second kappa shape index (κ2) is 7.56. The molecule has 142 valence electrons. The molecule has 4 rings (SSSR count). The lowest BCUT2D eigenvalue weighted by Gasteiger charge is -2.11. The molecule has 0 radical (unpaired) electrons. The van der Waals surface area contributed by atoms with Crippen LogP contribution in [0, 0.1) is 6.92 Å². The first-order valence-electron chi connectivity index (χ1n) is 9.11. The summed E-state index contributed by atoms with van der Waals surface area (Å²) in [5.41, 5.74) is 4.16. The average molecular weight is 392 g/mol. The molecule has 1 amide bonds. The number of carbonyl (C=O) groups excluding carboxylic acids is 2. The van der Waals surface area contributed by atoms with E-state index in [2.05, 4.69) is 16.4 Å². The number of benzene rings is 2. The van der Waals surface area contributed by atoms with Crippen LogP contribution in [0.5, 0.6) is 5.75 Å². The van der Waals surface area contributed by atoms with Gasteiger partial charge in [0, 0.05) is 17.4 Å². The third-order valence-electron chi connectivity index (χ3n) is 4.76. The van der Waals surface area contributed by atoms with Crippen LogP contribution in [0.15, 0.2) is 47.8 Å². The third-order valence-corrected chi connectivity index (χ3v) is 5.53. The number of aryl methyl sites for hydroxylation is 1. The summed E-state index contributed by atoms with van der Waals surface area (Å²) in [6.07, 6.45) is 0.596. The topological polar surface area (TPSA) is 68.3 Å². The molecule has 0 saturated heterocycles. The van der Waals surface area contributed by atoms with Gasteiger partial charge in [-0.3, -0.25) is 9.59 Å². The van der Waals surface area contributed by atoms with Crippen molar-refractivity contribution >= 4 is 23.0 Å². The van der Waals surface area contributed by atoms with Crippen LogP contribution in [0.25, 0.3) is 11.1 Å². The zero-order valence-corrected chi connectivity index (χ0v) is 16.5. The largest absolute Gasteiger partial charge is 0.488 e. The predicted octanol–water partition coefficient (Wildman–Crippen LogP) is 4.05. The lowest BCUT2D eigenvalue weighted by molar-refractivity contribution is 0.0928. The third kappa shape index (κ3) is 3.68. The first kappa shape index (κ1) is 18.4. The van der Waals surface area contributed by atoms with Gasteiger partial charge in [-0.05, 0) is 42.7 Å². The highest BCUT2D eigenvalue weighted by atomic mass is 32.1. The number of nitrogens with one attached hydrogen (secondary N) is 1. The fourth-order valence-electron chi connectivity index (χ4n) is 3.41. The molecule has 0 saturated carbocycles. The highest BCUT2D eigenvalue weighted by Gasteiger charge is 2.24. The SMILES string of the molecule is CC(=O)c1ccccc1-c1ccc2c(c1)CC(CNC(=O)c1csc(C)n1)O2. The van der Waals surface area contributed by atoms with Crippen molar-refractivity contribution in [3.8, 4) is 16.9 Å². The van der Waals surface area contributed by atoms with E-state index in [0.717, 1.165) is 27.4 Å². The lowest BCUT2D eigenvalue weighted by atomic mass is 9.95. The Bertz CT molecular complexity index is 1060. The maximum atomic E-state index is 12.2. The number of ether oxygens (including phenoxy) is 1. The number of hydrogen-bond donors (Lipinski definition) is 1. The van der Waals surface area contributed by atoms with Crippen molar-refractivity contribution in [1.29, 1.82) is 0 Å². The Morgan fingerprint density at radius 2 is 2.07 bits per heavy atom. The molecule has 28 heavy (non-hydrogen) atoms. The number of fused-ring (bicyclic) bond motifs is 1. The van der Waals surface area contributed by atoms with Gasteiger partial charge in [0.2, 0.25) is 0 Å². The van der Waals surface area contributed by atoms with E-state index >= 15 is 0 Å². The van der Waals surface area contributed by atoms with Crippen molar-refractivity contribution in [3.05, 3.63) is 69.7 Å². The summed E-state index contributed by atoms with van der Waals surface area (Å²) >= 11 is 1.46. The van der Waals surface area contributed by atoms with Gasteiger partial charge in [0.25, 0.3) is 5.91 Å². The zero-order valence-electron chi connectivity index (χ0n) is 15.7. The summed E-state index contributed by atoms with van der Waals surface area (Å²) in [5, 5.41) is 5.52. The number of hydrogen-bond acceptors (Lipinski definition) is 5. The van der Waals surface area contributed by atoms with Crippen molar-refractivity contribution in [1.82, 2.24) is 10.3 Å². The highest BCUT2D eigenvalue weighted by Crippen LogP contribution is 2.34. The number of carbonyl (C=O) groups is 2. The van der Waals surface area contributed by atoms with Crippen molar-refractivity contribution in [2.45, 2.75) is 26.4 Å². The summed E-state index contributed by atoms with van der Waals surface area (Å²) in [6, 6.07) is 13.6. The van der Waals surface area contributed by atoms with Crippen molar-refractivity contribution < 1.29 is 14.3 Å². The van der Waals surface area contributed by atoms with Crippen molar-refractivity contribution in [2.24, 2.45) is 0 Å². The Kier molecular flexibility index (Phi) is 4.96. The van der Waals surface area contributed by atoms with Gasteiger partial charge in [0.05, 0.1) is 11.6 Å². The minimum absolute atomic E-state index is 0.0465. The normalized spacial score (nSPS) is 15.0. The summed E-state index contributed by atoms with van der Waals surface area (Å²) < 4.78 is 5.97. The minimum atomic E-state index is -0.181. The fourth-order valence-corrected chi connectivity index (χ4v) is 4.00. The molecule has 1 aliphatic heterocycles. The predicted molar refractivity (Wildman–Crippen MR) is 109 cm³/mol. The number of thiazole rings is 1. The number of nitrogens with zero attached hydrogens (tertiary/aromatic N) is 1. The number of Topliss-reactive ketones (excluding diaryl/α,β-unsaturated/α-hetero) is 1. The number of ketones is 1. The first-order valence-corrected chi connectivity index (χ1v) is 9.99. The van der Waals surface area contributed by atoms with Gasteiger partial charge in [-0.15, -0.1) is 11.3 Å². The monoisotopic (exact) mass is 392 g/mol. The van der Waals surface area contributed by atoms with E-state index in [1.807, 2.05) is 43.3 Å². The molecular formula is C22H20N2O3S. The van der Waals surface area contributed by atoms with Crippen molar-refractivity contribution in [2.75, 3.05) is 6.54 Å². The van der Waals surface area contributed by atoms with Gasteiger partial charge in [-0.1, -0.05) is 30.3 Å². The van der Waals surface area contributed by atoms with Gasteiger partial charge in [0.1, 0.15) is 17.5 Å². The summed E-state index contributed by atoms with van der Waals surface area (Å²) in [6.45, 7) is 3.88. The van der Waals surface area contributed by atoms with Crippen LogP contribution in [0.1, 0.15) is 38.3 Å². The molecule has 1 atom stereocenters. The zero-order chi connectivity index (χ0) is 19.7. The van der Waals surface area contributed by atoms with Gasteiger partial charge in [-0.25, -0.2) is 4.98 Å². The van der Waals surface area contributed by atoms with Crippen LogP contribution in [0.3, 0.4) is 0 Å². The molecule has 6 heteroatoms. The first-order chi connectivity index (χ1) is 13.5. The molecule has 5 nitrogen and oxygen atoms in total. The molecule has 1 aliphatic rings. The van der Waals surface area contributed by atoms with E-state index in [0.29, 0.717) is 24.2 Å². The van der Waals surface area contributed by atoms with Crippen molar-refractivity contribution in [3.63, 3.8) is 0 Å². The fraction of sp³-hybridized carbons (Fsp3) is 0.227. The van der Waals surface area contributed by atoms with Crippen LogP contribution >= 0.6 is 11.3 Å². The van der Waals surface area contributed by atoms with E-state index in [4.69, 9.17) is 4.74 Å². The van der Waals surface area contributed by atoms with E-state index in [9.17, 15) is 9.59 Å². The molecule has 2 heterocycles. The summed E-state index contributed by atoms with van der Waals surface area (Å²) in [5.74, 6) is 0.693. The summed E-state index contributed by atoms with van der Waals surface area (Å²) in [4.78, 5) is 28.3. The van der Waals surface area contributed by atoms with E-state index < -0.39 is 0 Å². The Hall–Kier alpha value is -2.99. The second-order valence-electron chi connectivity index (χ2n) is 6.83. The van der Waals surface area contributed by atoms with Gasteiger partial charge < -0.3 is 10.1 Å². The van der Waals surface area contributed by atoms with Gasteiger partial charge >= 0.3 is 0 Å². The Labute approximate surface area is 167 Å². The minimum Gasteiger partial charge on any atom is -0.488 e. The van der Waals surface area contributed by atoms with E-state index in [1.165, 1.54) is 11.3 Å². The molecule has 2 aromatic carbocycles. The molecule has 0 aliphatic carbocycles. The molecule has 0 fully saturated rings. The molecule has 1 unspecified atom stereocenters. The molecular weight excluding hydrogens is 372 g/mol. The average Bonchev–Trinajstić information content (AvgIpc) is 3.31. The Balaban J connectivity index is 1.46. The quantitative estimate of drug-likeness (QED) is 0.665. The summed E-state index contributed by atoms with van der Waals surface area (Å²) in [7, 11) is 0. The van der Waals surface area contributed by atoms with Gasteiger partial charge in [0.15, 0.2) is 5.78 Å².